The van der Waals surface area contributed by atoms with Gasteiger partial charge in [-0.2, -0.15) is 0 Å². The largest absolute Gasteiger partial charge is 0.289 e. The molecule has 1 aliphatic rings. The van der Waals surface area contributed by atoms with Gasteiger partial charge in [0.25, 0.3) is 0 Å². The number of carbonyl (C=O) groups is 1. The van der Waals surface area contributed by atoms with Crippen molar-refractivity contribution in [1.29, 1.82) is 0 Å². The van der Waals surface area contributed by atoms with Crippen molar-refractivity contribution in [2.45, 2.75) is 32.6 Å². The smallest absolute Gasteiger partial charge is 0.231 e. The third kappa shape index (κ3) is 4.15. The van der Waals surface area contributed by atoms with E-state index in [0.29, 0.717) is 5.92 Å². The van der Waals surface area contributed by atoms with Gasteiger partial charge >= 0.3 is 0 Å². The molecule has 3 heteroatoms. The van der Waals surface area contributed by atoms with Crippen molar-refractivity contribution in [3.63, 3.8) is 0 Å². The zero-order valence-electron chi connectivity index (χ0n) is 11.1. The Morgan fingerprint density at radius 3 is 2.89 bits per heavy atom. The predicted molar refractivity (Wildman–Crippen MR) is 72.9 cm³/mol. The molecule has 2 rings (SSSR count). The number of hydrazine groups is 1. The van der Waals surface area contributed by atoms with Gasteiger partial charge in [0, 0.05) is 20.0 Å². The lowest BCUT2D eigenvalue weighted by atomic mass is 9.92. The second-order valence-corrected chi connectivity index (χ2v) is 5.15. The van der Waals surface area contributed by atoms with Crippen molar-refractivity contribution in [1.82, 2.24) is 10.4 Å². The van der Waals surface area contributed by atoms with Crippen LogP contribution in [0.15, 0.2) is 30.3 Å². The molecule has 1 saturated heterocycles. The molecule has 1 N–H and O–H groups in total. The highest BCUT2D eigenvalue weighted by atomic mass is 16.2. The van der Waals surface area contributed by atoms with E-state index in [2.05, 4.69) is 40.8 Å². The Hall–Kier alpha value is -1.35. The summed E-state index contributed by atoms with van der Waals surface area (Å²) in [6, 6.07) is 10.6. The van der Waals surface area contributed by atoms with Crippen molar-refractivity contribution in [3.05, 3.63) is 35.9 Å². The third-order valence-corrected chi connectivity index (χ3v) is 3.52. The van der Waals surface area contributed by atoms with Gasteiger partial charge in [0.15, 0.2) is 0 Å². The Bertz CT molecular complexity index is 377. The predicted octanol–water partition coefficient (Wildman–Crippen LogP) is 2.38. The normalized spacial score (nSPS) is 20.6. The number of benzene rings is 1. The first-order valence-corrected chi connectivity index (χ1v) is 6.80. The van der Waals surface area contributed by atoms with Crippen molar-refractivity contribution in [2.24, 2.45) is 5.92 Å². The molecular weight excluding hydrogens is 224 g/mol. The topological polar surface area (TPSA) is 32.3 Å². The maximum atomic E-state index is 11.0. The number of carbonyl (C=O) groups excluding carboxylic acids is 1. The number of aryl methyl sites for hydroxylation is 1. The van der Waals surface area contributed by atoms with Gasteiger partial charge in [0.1, 0.15) is 0 Å². The van der Waals surface area contributed by atoms with Crippen LogP contribution in [0, 0.1) is 5.92 Å². The Kier molecular flexibility index (Phi) is 4.76. The van der Waals surface area contributed by atoms with Gasteiger partial charge in [0.2, 0.25) is 5.91 Å². The van der Waals surface area contributed by atoms with E-state index < -0.39 is 0 Å². The minimum Gasteiger partial charge on any atom is -0.289 e. The van der Waals surface area contributed by atoms with Crippen LogP contribution in [-0.4, -0.2) is 24.0 Å². The molecule has 0 aromatic heterocycles. The molecular formula is C15H22N2O. The lowest BCUT2D eigenvalue weighted by Crippen LogP contribution is -2.46. The van der Waals surface area contributed by atoms with Crippen LogP contribution in [0.1, 0.15) is 31.7 Å². The maximum absolute atomic E-state index is 11.0. The number of hydrogen-bond donors (Lipinski definition) is 1. The standard InChI is InChI=1S/C15H22N2O/c1-13(18)16-17-11-5-8-15(12-17)10-9-14-6-3-2-4-7-14/h2-4,6-7,15H,5,8-12H2,1H3,(H,16,18). The van der Waals surface area contributed by atoms with E-state index in [-0.39, 0.29) is 5.91 Å². The summed E-state index contributed by atoms with van der Waals surface area (Å²) in [5.41, 5.74) is 4.32. The number of rotatable bonds is 4. The van der Waals surface area contributed by atoms with Crippen LogP contribution >= 0.6 is 0 Å². The highest BCUT2D eigenvalue weighted by molar-refractivity contribution is 5.72. The minimum absolute atomic E-state index is 0.0405. The zero-order chi connectivity index (χ0) is 12.8. The molecule has 1 unspecified atom stereocenters. The third-order valence-electron chi connectivity index (χ3n) is 3.52. The van der Waals surface area contributed by atoms with E-state index in [0.717, 1.165) is 19.5 Å². The summed E-state index contributed by atoms with van der Waals surface area (Å²) < 4.78 is 0. The second-order valence-electron chi connectivity index (χ2n) is 5.15. The summed E-state index contributed by atoms with van der Waals surface area (Å²) in [5.74, 6) is 0.740. The van der Waals surface area contributed by atoms with Crippen LogP contribution < -0.4 is 5.43 Å². The molecule has 0 aliphatic carbocycles. The highest BCUT2D eigenvalue weighted by Gasteiger charge is 2.19. The molecule has 0 spiro atoms. The van der Waals surface area contributed by atoms with Crippen molar-refractivity contribution >= 4 is 5.91 Å². The summed E-state index contributed by atoms with van der Waals surface area (Å²) in [6.07, 6.45) is 4.81. The van der Waals surface area contributed by atoms with E-state index in [9.17, 15) is 4.79 Å². The number of nitrogens with one attached hydrogen (secondary N) is 1. The number of hydrogen-bond acceptors (Lipinski definition) is 2. The first-order chi connectivity index (χ1) is 8.74. The molecule has 1 aromatic carbocycles. The Morgan fingerprint density at radius 2 is 2.17 bits per heavy atom. The summed E-state index contributed by atoms with van der Waals surface area (Å²) in [7, 11) is 0. The van der Waals surface area contributed by atoms with Gasteiger partial charge in [0.05, 0.1) is 0 Å². The summed E-state index contributed by atoms with van der Waals surface area (Å²) in [4.78, 5) is 11.0. The fraction of sp³-hybridized carbons (Fsp3) is 0.533. The van der Waals surface area contributed by atoms with Crippen molar-refractivity contribution < 1.29 is 4.79 Å². The number of amides is 1. The van der Waals surface area contributed by atoms with Gasteiger partial charge in [-0.05, 0) is 37.2 Å². The van der Waals surface area contributed by atoms with Gasteiger partial charge < -0.3 is 0 Å². The molecule has 1 fully saturated rings. The molecule has 1 atom stereocenters. The average molecular weight is 246 g/mol. The van der Waals surface area contributed by atoms with Crippen molar-refractivity contribution in [3.8, 4) is 0 Å². The molecule has 98 valence electrons. The van der Waals surface area contributed by atoms with Crippen LogP contribution in [0.4, 0.5) is 0 Å². The van der Waals surface area contributed by atoms with E-state index in [1.807, 2.05) is 0 Å². The van der Waals surface area contributed by atoms with E-state index in [4.69, 9.17) is 0 Å². The lowest BCUT2D eigenvalue weighted by molar-refractivity contribution is -0.124. The SMILES string of the molecule is CC(=O)NN1CCCC(CCc2ccccc2)C1. The first kappa shape index (κ1) is 13.1. The molecule has 0 bridgehead atoms. The van der Waals surface area contributed by atoms with E-state index in [1.54, 1.807) is 6.92 Å². The zero-order valence-corrected chi connectivity index (χ0v) is 11.1. The molecule has 18 heavy (non-hydrogen) atoms. The van der Waals surface area contributed by atoms with Gasteiger partial charge in [-0.1, -0.05) is 30.3 Å². The van der Waals surface area contributed by atoms with Gasteiger partial charge in [-0.15, -0.1) is 0 Å². The summed E-state index contributed by atoms with van der Waals surface area (Å²) >= 11 is 0. The Morgan fingerprint density at radius 1 is 1.39 bits per heavy atom. The number of nitrogens with zero attached hydrogens (tertiary/aromatic N) is 1. The lowest BCUT2D eigenvalue weighted by Gasteiger charge is -2.32. The molecule has 3 nitrogen and oxygen atoms in total. The Balaban J connectivity index is 1.77. The van der Waals surface area contributed by atoms with Crippen LogP contribution in [0.3, 0.4) is 0 Å². The van der Waals surface area contributed by atoms with Gasteiger partial charge in [-0.25, -0.2) is 5.01 Å². The van der Waals surface area contributed by atoms with Crippen LogP contribution in [-0.2, 0) is 11.2 Å². The molecule has 1 heterocycles. The highest BCUT2D eigenvalue weighted by Crippen LogP contribution is 2.20. The first-order valence-electron chi connectivity index (χ1n) is 6.80. The molecule has 0 saturated carbocycles. The molecule has 1 amide bonds. The maximum Gasteiger partial charge on any atom is 0.231 e. The summed E-state index contributed by atoms with van der Waals surface area (Å²) in [5, 5.41) is 2.07. The Labute approximate surface area is 109 Å². The fourth-order valence-electron chi connectivity index (χ4n) is 2.64. The molecule has 0 radical (unpaired) electrons. The van der Waals surface area contributed by atoms with E-state index in [1.165, 1.54) is 24.8 Å². The quantitative estimate of drug-likeness (QED) is 0.884. The minimum atomic E-state index is 0.0405. The summed E-state index contributed by atoms with van der Waals surface area (Å²) in [6.45, 7) is 3.56. The van der Waals surface area contributed by atoms with Crippen LogP contribution in [0.2, 0.25) is 0 Å². The number of piperidine rings is 1. The fourth-order valence-corrected chi connectivity index (χ4v) is 2.64. The molecule has 1 aliphatic heterocycles. The molecule has 1 aromatic rings. The van der Waals surface area contributed by atoms with E-state index >= 15 is 0 Å². The second kappa shape index (κ2) is 6.55. The monoisotopic (exact) mass is 246 g/mol. The van der Waals surface area contributed by atoms with Crippen molar-refractivity contribution in [2.75, 3.05) is 13.1 Å². The van der Waals surface area contributed by atoms with Crippen LogP contribution in [0.5, 0.6) is 0 Å². The van der Waals surface area contributed by atoms with Gasteiger partial charge in [-0.3, -0.25) is 10.2 Å². The van der Waals surface area contributed by atoms with Crippen LogP contribution in [0.25, 0.3) is 0 Å². The average Bonchev–Trinajstić information content (AvgIpc) is 2.37.